The molecule has 1 rings (SSSR count). The van der Waals surface area contributed by atoms with Crippen LogP contribution in [-0.4, -0.2) is 17.8 Å². The molecule has 0 heterocycles. The molecule has 0 unspecified atom stereocenters. The number of ketones is 1. The maximum absolute atomic E-state index is 11.1. The zero-order valence-corrected chi connectivity index (χ0v) is 9.84. The van der Waals surface area contributed by atoms with Gasteiger partial charge in [-0.3, -0.25) is 4.79 Å². The van der Waals surface area contributed by atoms with Crippen LogP contribution < -0.4 is 5.48 Å². The average Bonchev–Trinajstić information content (AvgIpc) is 2.42. The Morgan fingerprint density at radius 3 is 2.44 bits per heavy atom. The number of hydrogen-bond donors (Lipinski definition) is 1. The Balaban J connectivity index is 2.26. The zero-order chi connectivity index (χ0) is 13.4. The fourth-order valence-electron chi connectivity index (χ4n) is 1.04. The van der Waals surface area contributed by atoms with Crippen LogP contribution in [0.15, 0.2) is 30.3 Å². The summed E-state index contributed by atoms with van der Waals surface area (Å²) in [5.74, 6) is -1.84. The first-order valence-electron chi connectivity index (χ1n) is 5.34. The summed E-state index contributed by atoms with van der Waals surface area (Å²) in [5, 5.41) is 0. The van der Waals surface area contributed by atoms with Gasteiger partial charge in [-0.15, -0.1) is 5.48 Å². The van der Waals surface area contributed by atoms with Crippen LogP contribution in [0.1, 0.15) is 18.9 Å². The lowest BCUT2D eigenvalue weighted by atomic mass is 10.2. The summed E-state index contributed by atoms with van der Waals surface area (Å²) in [6.07, 6.45) is -0.921. The van der Waals surface area contributed by atoms with Crippen LogP contribution in [0.5, 0.6) is 0 Å². The minimum absolute atomic E-state index is 0.0135. The number of carbonyl (C=O) groups excluding carboxylic acids is 3. The number of carbonyl (C=O) groups is 3. The molecule has 1 N–H and O–H groups in total. The van der Waals surface area contributed by atoms with Gasteiger partial charge in [0, 0.05) is 6.42 Å². The van der Waals surface area contributed by atoms with Crippen molar-refractivity contribution in [1.82, 2.24) is 5.48 Å². The van der Waals surface area contributed by atoms with E-state index in [1.54, 1.807) is 29.7 Å². The molecule has 0 aliphatic heterocycles. The second-order valence-corrected chi connectivity index (χ2v) is 3.33. The first-order chi connectivity index (χ1) is 8.63. The van der Waals surface area contributed by atoms with Crippen molar-refractivity contribution in [3.63, 3.8) is 0 Å². The van der Waals surface area contributed by atoms with Crippen molar-refractivity contribution in [1.29, 1.82) is 0 Å². The molecule has 1 aromatic carbocycles. The quantitative estimate of drug-likeness (QED) is 0.645. The Labute approximate surface area is 104 Å². The van der Waals surface area contributed by atoms with E-state index in [4.69, 9.17) is 4.74 Å². The van der Waals surface area contributed by atoms with Crippen molar-refractivity contribution in [2.45, 2.75) is 20.0 Å². The van der Waals surface area contributed by atoms with Gasteiger partial charge in [-0.1, -0.05) is 37.3 Å². The summed E-state index contributed by atoms with van der Waals surface area (Å²) < 4.78 is 4.75. The molecule has 96 valence electrons. The van der Waals surface area contributed by atoms with Gasteiger partial charge in [0.05, 0.1) is 0 Å². The number of nitrogens with one attached hydrogen (secondary N) is 1. The lowest BCUT2D eigenvalue weighted by Crippen LogP contribution is -2.30. The van der Waals surface area contributed by atoms with E-state index in [0.29, 0.717) is 0 Å². The first-order valence-corrected chi connectivity index (χ1v) is 5.34. The lowest BCUT2D eigenvalue weighted by molar-refractivity contribution is -0.158. The highest BCUT2D eigenvalue weighted by molar-refractivity contribution is 6.33. The van der Waals surface area contributed by atoms with E-state index in [9.17, 15) is 14.4 Å². The van der Waals surface area contributed by atoms with E-state index in [2.05, 4.69) is 4.84 Å². The second-order valence-electron chi connectivity index (χ2n) is 3.33. The van der Waals surface area contributed by atoms with Crippen molar-refractivity contribution in [3.8, 4) is 0 Å². The standard InChI is InChI=1S/C12H13NO5/c1-2-10(14)11(15)18-13-12(16)17-8-9-6-4-3-5-7-9/h3-7H,2,8H2,1H3,(H,13,16). The molecule has 0 fully saturated rings. The fraction of sp³-hybridized carbons (Fsp3) is 0.250. The molecule has 18 heavy (non-hydrogen) atoms. The first kappa shape index (κ1) is 13.7. The van der Waals surface area contributed by atoms with Gasteiger partial charge in [0.1, 0.15) is 6.61 Å². The van der Waals surface area contributed by atoms with Crippen LogP contribution in [0.4, 0.5) is 4.79 Å². The highest BCUT2D eigenvalue weighted by atomic mass is 16.7. The predicted octanol–water partition coefficient (Wildman–Crippen LogP) is 1.35. The molecule has 0 aliphatic rings. The Morgan fingerprint density at radius 1 is 1.17 bits per heavy atom. The second kappa shape index (κ2) is 7.05. The highest BCUT2D eigenvalue weighted by Gasteiger charge is 2.14. The van der Waals surface area contributed by atoms with Crippen LogP contribution in [0.2, 0.25) is 0 Å². The molecular formula is C12H13NO5. The van der Waals surface area contributed by atoms with E-state index >= 15 is 0 Å². The fourth-order valence-corrected chi connectivity index (χ4v) is 1.04. The molecule has 6 nitrogen and oxygen atoms in total. The van der Waals surface area contributed by atoms with Gasteiger partial charge in [0.15, 0.2) is 0 Å². The summed E-state index contributed by atoms with van der Waals surface area (Å²) in [6, 6.07) is 8.99. The number of ether oxygens (including phenoxy) is 1. The van der Waals surface area contributed by atoms with Gasteiger partial charge in [0.2, 0.25) is 5.78 Å². The van der Waals surface area contributed by atoms with Crippen molar-refractivity contribution in [3.05, 3.63) is 35.9 Å². The molecule has 1 amide bonds. The molecule has 0 bridgehead atoms. The van der Waals surface area contributed by atoms with Gasteiger partial charge in [-0.05, 0) is 5.56 Å². The molecule has 0 spiro atoms. The Kier molecular flexibility index (Phi) is 5.37. The number of hydrogen-bond acceptors (Lipinski definition) is 5. The number of benzene rings is 1. The van der Waals surface area contributed by atoms with Gasteiger partial charge in [-0.25, -0.2) is 9.59 Å². The SMILES string of the molecule is CCC(=O)C(=O)ONC(=O)OCc1ccccc1. The summed E-state index contributed by atoms with van der Waals surface area (Å²) in [5.41, 5.74) is 2.53. The van der Waals surface area contributed by atoms with E-state index in [0.717, 1.165) is 5.56 Å². The van der Waals surface area contributed by atoms with Crippen LogP contribution in [0.25, 0.3) is 0 Å². The molecule has 0 atom stereocenters. The Bertz CT molecular complexity index is 429. The zero-order valence-electron chi connectivity index (χ0n) is 9.84. The summed E-state index contributed by atoms with van der Waals surface area (Å²) >= 11 is 0. The van der Waals surface area contributed by atoms with Gasteiger partial charge < -0.3 is 9.57 Å². The van der Waals surface area contributed by atoms with E-state index in [-0.39, 0.29) is 13.0 Å². The predicted molar refractivity (Wildman–Crippen MR) is 61.2 cm³/mol. The number of hydroxylamine groups is 1. The van der Waals surface area contributed by atoms with E-state index in [1.165, 1.54) is 6.92 Å². The molecular weight excluding hydrogens is 238 g/mol. The topological polar surface area (TPSA) is 81.7 Å². The Morgan fingerprint density at radius 2 is 1.83 bits per heavy atom. The van der Waals surface area contributed by atoms with Crippen LogP contribution in [-0.2, 0) is 25.8 Å². The lowest BCUT2D eigenvalue weighted by Gasteiger charge is -2.06. The molecule has 0 saturated carbocycles. The van der Waals surface area contributed by atoms with E-state index < -0.39 is 17.8 Å². The maximum Gasteiger partial charge on any atom is 0.441 e. The molecule has 0 radical (unpaired) electrons. The summed E-state index contributed by atoms with van der Waals surface area (Å²) in [7, 11) is 0. The van der Waals surface area contributed by atoms with Crippen LogP contribution in [0.3, 0.4) is 0 Å². The minimum Gasteiger partial charge on any atom is -0.443 e. The van der Waals surface area contributed by atoms with Crippen molar-refractivity contribution < 1.29 is 24.0 Å². The van der Waals surface area contributed by atoms with Gasteiger partial charge >= 0.3 is 12.1 Å². The minimum atomic E-state index is -1.12. The van der Waals surface area contributed by atoms with Crippen molar-refractivity contribution in [2.24, 2.45) is 0 Å². The van der Waals surface area contributed by atoms with E-state index in [1.807, 2.05) is 6.07 Å². The third kappa shape index (κ3) is 4.65. The number of Topliss-reactive ketones (excluding diaryl/α,β-unsaturated/α-hetero) is 1. The summed E-state index contributed by atoms with van der Waals surface area (Å²) in [4.78, 5) is 37.1. The number of rotatable bonds is 4. The van der Waals surface area contributed by atoms with Gasteiger partial charge in [0.25, 0.3) is 0 Å². The van der Waals surface area contributed by atoms with Crippen molar-refractivity contribution >= 4 is 17.8 Å². The average molecular weight is 251 g/mol. The summed E-state index contributed by atoms with van der Waals surface area (Å²) in [6.45, 7) is 1.56. The maximum atomic E-state index is 11.1. The Hall–Kier alpha value is -2.37. The molecule has 0 aliphatic carbocycles. The van der Waals surface area contributed by atoms with Crippen LogP contribution in [0, 0.1) is 0 Å². The van der Waals surface area contributed by atoms with Crippen LogP contribution >= 0.6 is 0 Å². The number of amides is 1. The molecule has 0 aromatic heterocycles. The monoisotopic (exact) mass is 251 g/mol. The normalized spacial score (nSPS) is 9.39. The third-order valence-corrected chi connectivity index (χ3v) is 1.99. The van der Waals surface area contributed by atoms with Crippen molar-refractivity contribution in [2.75, 3.05) is 0 Å². The molecule has 6 heteroatoms. The highest BCUT2D eigenvalue weighted by Crippen LogP contribution is 2.00. The smallest absolute Gasteiger partial charge is 0.441 e. The largest absolute Gasteiger partial charge is 0.443 e. The third-order valence-electron chi connectivity index (χ3n) is 1.99. The molecule has 0 saturated heterocycles. The van der Waals surface area contributed by atoms with Gasteiger partial charge in [-0.2, -0.15) is 0 Å². The molecule has 1 aromatic rings.